The molecule has 1 saturated heterocycles. The topological polar surface area (TPSA) is 90.7 Å². The summed E-state index contributed by atoms with van der Waals surface area (Å²) in [6, 6.07) is 11.3. The highest BCUT2D eigenvalue weighted by molar-refractivity contribution is 7.91. The van der Waals surface area contributed by atoms with Crippen molar-refractivity contribution in [1.82, 2.24) is 14.7 Å². The van der Waals surface area contributed by atoms with Gasteiger partial charge in [-0.1, -0.05) is 18.2 Å². The molecule has 1 unspecified atom stereocenters. The van der Waals surface area contributed by atoms with E-state index in [1.807, 2.05) is 36.4 Å². The van der Waals surface area contributed by atoms with Crippen molar-refractivity contribution in [3.8, 4) is 5.69 Å². The Labute approximate surface area is 165 Å². The van der Waals surface area contributed by atoms with Gasteiger partial charge >= 0.3 is 0 Å². The molecule has 0 aliphatic carbocycles. The van der Waals surface area contributed by atoms with Crippen LogP contribution in [0.4, 0.5) is 0 Å². The van der Waals surface area contributed by atoms with E-state index in [4.69, 9.17) is 9.47 Å². The molecule has 28 heavy (non-hydrogen) atoms. The minimum absolute atomic E-state index is 0.212. The molecule has 0 bridgehead atoms. The summed E-state index contributed by atoms with van der Waals surface area (Å²) in [6.07, 6.45) is 2.38. The van der Waals surface area contributed by atoms with Crippen molar-refractivity contribution in [2.24, 2.45) is 0 Å². The summed E-state index contributed by atoms with van der Waals surface area (Å²) in [5.74, 6) is -1.75. The molecule has 0 spiro atoms. The molecular formula is C19H25N3O5S. The van der Waals surface area contributed by atoms with E-state index in [0.29, 0.717) is 6.61 Å². The van der Waals surface area contributed by atoms with E-state index in [1.54, 1.807) is 24.7 Å². The number of carbonyl (C=O) groups is 1. The number of carbonyl (C=O) groups excluding carboxylic acids is 1. The lowest BCUT2D eigenvalue weighted by Crippen LogP contribution is -2.41. The van der Waals surface area contributed by atoms with E-state index in [1.165, 1.54) is 4.90 Å². The SMILES string of the molecule is CC1(C)OCC(CN(Cc2ccnn2-c2ccccc2)C(=O)CS(C)(=O)=O)O1. The standard InChI is InChI=1S/C19H25N3O5S/c1-19(2)26-13-17(27-19)12-21(18(23)14-28(3,24)25)11-16-9-10-20-22(16)15-7-5-4-6-8-15/h4-10,17H,11-14H2,1-3H3. The van der Waals surface area contributed by atoms with E-state index in [-0.39, 0.29) is 19.2 Å². The van der Waals surface area contributed by atoms with Crippen LogP contribution < -0.4 is 0 Å². The predicted molar refractivity (Wildman–Crippen MR) is 104 cm³/mol. The third-order valence-corrected chi connectivity index (χ3v) is 5.08. The zero-order valence-electron chi connectivity index (χ0n) is 16.2. The zero-order valence-corrected chi connectivity index (χ0v) is 17.1. The molecule has 1 atom stereocenters. The maximum atomic E-state index is 12.7. The summed E-state index contributed by atoms with van der Waals surface area (Å²) in [7, 11) is -3.45. The van der Waals surface area contributed by atoms with E-state index in [2.05, 4.69) is 5.10 Å². The average Bonchev–Trinajstić information content (AvgIpc) is 3.19. The highest BCUT2D eigenvalue weighted by atomic mass is 32.2. The summed E-state index contributed by atoms with van der Waals surface area (Å²) < 4.78 is 36.4. The largest absolute Gasteiger partial charge is 0.348 e. The maximum absolute atomic E-state index is 12.7. The first kappa shape index (κ1) is 20.5. The fourth-order valence-electron chi connectivity index (χ4n) is 3.12. The summed E-state index contributed by atoms with van der Waals surface area (Å²) in [5, 5.41) is 4.33. The number of aromatic nitrogens is 2. The van der Waals surface area contributed by atoms with Crippen molar-refractivity contribution in [2.45, 2.75) is 32.3 Å². The predicted octanol–water partition coefficient (Wildman–Crippen LogP) is 1.40. The van der Waals surface area contributed by atoms with Crippen molar-refractivity contribution in [3.63, 3.8) is 0 Å². The Balaban J connectivity index is 1.82. The Kier molecular flexibility index (Phi) is 5.87. The van der Waals surface area contributed by atoms with Crippen LogP contribution in [0.5, 0.6) is 0 Å². The van der Waals surface area contributed by atoms with Crippen LogP contribution in [0.1, 0.15) is 19.5 Å². The van der Waals surface area contributed by atoms with Gasteiger partial charge in [0.1, 0.15) is 11.9 Å². The maximum Gasteiger partial charge on any atom is 0.238 e. The van der Waals surface area contributed by atoms with Gasteiger partial charge in [0.15, 0.2) is 15.6 Å². The molecule has 1 aliphatic heterocycles. The van der Waals surface area contributed by atoms with Crippen molar-refractivity contribution >= 4 is 15.7 Å². The first-order valence-corrected chi connectivity index (χ1v) is 11.0. The molecule has 152 valence electrons. The first-order chi connectivity index (χ1) is 13.1. The molecule has 8 nitrogen and oxygen atoms in total. The molecule has 0 radical (unpaired) electrons. The van der Waals surface area contributed by atoms with Crippen LogP contribution in [0.25, 0.3) is 5.69 Å². The monoisotopic (exact) mass is 407 g/mol. The van der Waals surface area contributed by atoms with Crippen molar-refractivity contribution < 1.29 is 22.7 Å². The molecule has 1 amide bonds. The fourth-order valence-corrected chi connectivity index (χ4v) is 3.75. The van der Waals surface area contributed by atoms with E-state index in [9.17, 15) is 13.2 Å². The van der Waals surface area contributed by atoms with Gasteiger partial charge in [-0.25, -0.2) is 13.1 Å². The Morgan fingerprint density at radius 2 is 2.00 bits per heavy atom. The first-order valence-electron chi connectivity index (χ1n) is 8.98. The molecule has 3 rings (SSSR count). The minimum Gasteiger partial charge on any atom is -0.348 e. The molecular weight excluding hydrogens is 382 g/mol. The Morgan fingerprint density at radius 1 is 1.29 bits per heavy atom. The lowest BCUT2D eigenvalue weighted by molar-refractivity contribution is -0.145. The van der Waals surface area contributed by atoms with Crippen LogP contribution in [-0.2, 0) is 30.7 Å². The number of sulfone groups is 1. The number of amides is 1. The van der Waals surface area contributed by atoms with Gasteiger partial charge in [-0.05, 0) is 32.0 Å². The zero-order chi connectivity index (χ0) is 20.4. The van der Waals surface area contributed by atoms with Crippen molar-refractivity contribution in [1.29, 1.82) is 0 Å². The van der Waals surface area contributed by atoms with E-state index >= 15 is 0 Å². The number of rotatable bonds is 7. The molecule has 2 aromatic rings. The molecule has 1 aliphatic rings. The number of hydrogen-bond donors (Lipinski definition) is 0. The molecule has 0 saturated carbocycles. The molecule has 1 fully saturated rings. The van der Waals surface area contributed by atoms with Crippen LogP contribution in [0.15, 0.2) is 42.6 Å². The number of benzene rings is 1. The highest BCUT2D eigenvalue weighted by Gasteiger charge is 2.35. The molecule has 0 N–H and O–H groups in total. The van der Waals surface area contributed by atoms with Gasteiger partial charge in [0.05, 0.1) is 24.5 Å². The van der Waals surface area contributed by atoms with Gasteiger partial charge in [0, 0.05) is 19.0 Å². The normalized spacial score (nSPS) is 18.9. The second-order valence-electron chi connectivity index (χ2n) is 7.36. The quantitative estimate of drug-likeness (QED) is 0.689. The van der Waals surface area contributed by atoms with Crippen molar-refractivity contribution in [3.05, 3.63) is 48.3 Å². The van der Waals surface area contributed by atoms with Gasteiger partial charge in [0.2, 0.25) is 5.91 Å². The molecule has 9 heteroatoms. The van der Waals surface area contributed by atoms with E-state index < -0.39 is 27.3 Å². The lowest BCUT2D eigenvalue weighted by Gasteiger charge is -2.26. The Morgan fingerprint density at radius 3 is 2.61 bits per heavy atom. The number of nitrogens with zero attached hydrogens (tertiary/aromatic N) is 3. The summed E-state index contributed by atoms with van der Waals surface area (Å²) >= 11 is 0. The van der Waals surface area contributed by atoms with Crippen LogP contribution in [-0.4, -0.2) is 66.1 Å². The van der Waals surface area contributed by atoms with Crippen LogP contribution >= 0.6 is 0 Å². The fraction of sp³-hybridized carbons (Fsp3) is 0.474. The molecule has 1 aromatic carbocycles. The second-order valence-corrected chi connectivity index (χ2v) is 9.51. The molecule has 2 heterocycles. The smallest absolute Gasteiger partial charge is 0.238 e. The number of hydrogen-bond acceptors (Lipinski definition) is 6. The third kappa shape index (κ3) is 5.40. The van der Waals surface area contributed by atoms with Gasteiger partial charge in [-0.3, -0.25) is 4.79 Å². The van der Waals surface area contributed by atoms with Gasteiger partial charge in [-0.2, -0.15) is 5.10 Å². The molecule has 1 aromatic heterocycles. The highest BCUT2D eigenvalue weighted by Crippen LogP contribution is 2.23. The van der Waals surface area contributed by atoms with Crippen molar-refractivity contribution in [2.75, 3.05) is 25.2 Å². The Hall–Kier alpha value is -2.23. The minimum atomic E-state index is -3.45. The average molecular weight is 407 g/mol. The van der Waals surface area contributed by atoms with Crippen LogP contribution in [0.3, 0.4) is 0 Å². The van der Waals surface area contributed by atoms with Gasteiger partial charge in [-0.15, -0.1) is 0 Å². The van der Waals surface area contributed by atoms with Crippen LogP contribution in [0, 0.1) is 0 Å². The third-order valence-electron chi connectivity index (χ3n) is 4.30. The lowest BCUT2D eigenvalue weighted by atomic mass is 10.2. The number of ether oxygens (including phenoxy) is 2. The van der Waals surface area contributed by atoms with Gasteiger partial charge < -0.3 is 14.4 Å². The summed E-state index contributed by atoms with van der Waals surface area (Å²) in [4.78, 5) is 14.2. The van der Waals surface area contributed by atoms with Crippen LogP contribution in [0.2, 0.25) is 0 Å². The summed E-state index contributed by atoms with van der Waals surface area (Å²) in [5.41, 5.74) is 1.63. The number of para-hydroxylation sites is 1. The van der Waals surface area contributed by atoms with Gasteiger partial charge in [0.25, 0.3) is 0 Å². The second kappa shape index (κ2) is 8.02. The Bertz CT molecular complexity index is 924. The van der Waals surface area contributed by atoms with E-state index in [0.717, 1.165) is 17.6 Å². The summed E-state index contributed by atoms with van der Waals surface area (Å²) in [6.45, 7) is 4.40.